The van der Waals surface area contributed by atoms with Gasteiger partial charge in [-0.25, -0.2) is 4.98 Å². The van der Waals surface area contributed by atoms with Gasteiger partial charge in [0.25, 0.3) is 0 Å². The fourth-order valence-electron chi connectivity index (χ4n) is 1.37. The maximum absolute atomic E-state index is 11.8. The molecule has 0 aliphatic carbocycles. The molecule has 1 fully saturated rings. The Morgan fingerprint density at radius 2 is 2.36 bits per heavy atom. The van der Waals surface area contributed by atoms with Gasteiger partial charge in [0.05, 0.1) is 22.2 Å². The Hall–Kier alpha value is -0.520. The summed E-state index contributed by atoms with van der Waals surface area (Å²) in [7, 11) is -0.995. The van der Waals surface area contributed by atoms with E-state index in [1.807, 2.05) is 0 Å². The molecule has 4 nitrogen and oxygen atoms in total. The van der Waals surface area contributed by atoms with Gasteiger partial charge in [-0.3, -0.25) is 9.19 Å². The number of nitrogens with one attached hydrogen (secondary N) is 1. The van der Waals surface area contributed by atoms with Gasteiger partial charge < -0.3 is 5.32 Å². The number of nitrogens with zero attached hydrogens (tertiary/aromatic N) is 2. The summed E-state index contributed by atoms with van der Waals surface area (Å²) in [6.07, 6.45) is 5.71. The third-order valence-electron chi connectivity index (χ3n) is 2.06. The van der Waals surface area contributed by atoms with E-state index < -0.39 is 10.8 Å². The Morgan fingerprint density at radius 1 is 1.50 bits per heavy atom. The van der Waals surface area contributed by atoms with Gasteiger partial charge in [0.2, 0.25) is 0 Å². The number of halogens is 1. The molecular formula is C8H12ClN3OS. The second-order valence-electron chi connectivity index (χ2n) is 2.96. The first kappa shape index (κ1) is 11.6. The quantitative estimate of drug-likeness (QED) is 0.802. The molecule has 0 radical (unpaired) electrons. The highest BCUT2D eigenvalue weighted by Gasteiger charge is 2.22. The van der Waals surface area contributed by atoms with Gasteiger partial charge in [-0.05, 0) is 13.0 Å². The number of hydrogen-bond acceptors (Lipinski definition) is 4. The van der Waals surface area contributed by atoms with Crippen molar-refractivity contribution in [1.29, 1.82) is 0 Å². The van der Waals surface area contributed by atoms with Gasteiger partial charge in [-0.1, -0.05) is 0 Å². The number of rotatable bonds is 2. The van der Waals surface area contributed by atoms with Crippen LogP contribution in [0.15, 0.2) is 23.6 Å². The Bertz CT molecular complexity index is 303. The summed E-state index contributed by atoms with van der Waals surface area (Å²) in [6, 6.07) is 0. The summed E-state index contributed by atoms with van der Waals surface area (Å²) >= 11 is 0. The Labute approximate surface area is 91.4 Å². The first-order valence-corrected chi connectivity index (χ1v) is 5.46. The van der Waals surface area contributed by atoms with Gasteiger partial charge in [0.1, 0.15) is 5.03 Å². The predicted octanol–water partition coefficient (Wildman–Crippen LogP) is 0.368. The lowest BCUT2D eigenvalue weighted by Crippen LogP contribution is -2.19. The summed E-state index contributed by atoms with van der Waals surface area (Å²) < 4.78 is 11.8. The average Bonchev–Trinajstić information content (AvgIpc) is 2.71. The molecule has 1 aliphatic heterocycles. The van der Waals surface area contributed by atoms with Crippen LogP contribution in [0.2, 0.25) is 0 Å². The molecule has 1 unspecified atom stereocenters. The van der Waals surface area contributed by atoms with Crippen LogP contribution in [0.5, 0.6) is 0 Å². The zero-order chi connectivity index (χ0) is 9.10. The first-order valence-electron chi connectivity index (χ1n) is 4.25. The minimum absolute atomic E-state index is 0. The van der Waals surface area contributed by atoms with E-state index in [9.17, 15) is 4.21 Å². The molecule has 0 saturated carbocycles. The van der Waals surface area contributed by atoms with E-state index in [1.54, 1.807) is 18.6 Å². The number of aromatic nitrogens is 2. The molecule has 1 N–H and O–H groups in total. The van der Waals surface area contributed by atoms with Gasteiger partial charge in [-0.15, -0.1) is 12.4 Å². The van der Waals surface area contributed by atoms with E-state index >= 15 is 0 Å². The molecule has 6 heteroatoms. The minimum atomic E-state index is -0.995. The van der Waals surface area contributed by atoms with Crippen LogP contribution in [-0.4, -0.2) is 32.5 Å². The largest absolute Gasteiger partial charge is 0.315 e. The lowest BCUT2D eigenvalue weighted by molar-refractivity contribution is 0.668. The lowest BCUT2D eigenvalue weighted by atomic mass is 10.4. The molecule has 0 amide bonds. The normalized spacial score (nSPS) is 22.7. The van der Waals surface area contributed by atoms with Crippen molar-refractivity contribution in [2.75, 3.05) is 13.1 Å². The topological polar surface area (TPSA) is 54.9 Å². The van der Waals surface area contributed by atoms with Gasteiger partial charge in [0.15, 0.2) is 0 Å². The molecule has 14 heavy (non-hydrogen) atoms. The molecule has 2 atom stereocenters. The minimum Gasteiger partial charge on any atom is -0.315 e. The molecule has 1 aromatic rings. The van der Waals surface area contributed by atoms with Crippen molar-refractivity contribution in [3.8, 4) is 0 Å². The van der Waals surface area contributed by atoms with Crippen LogP contribution >= 0.6 is 12.4 Å². The second kappa shape index (κ2) is 5.38. The zero-order valence-electron chi connectivity index (χ0n) is 7.55. The van der Waals surface area contributed by atoms with E-state index in [2.05, 4.69) is 15.3 Å². The highest BCUT2D eigenvalue weighted by molar-refractivity contribution is 7.85. The van der Waals surface area contributed by atoms with Crippen LogP contribution in [0.3, 0.4) is 0 Å². The summed E-state index contributed by atoms with van der Waals surface area (Å²) in [5, 5.41) is 3.98. The molecule has 0 bridgehead atoms. The predicted molar refractivity (Wildman–Crippen MR) is 57.0 cm³/mol. The van der Waals surface area contributed by atoms with Crippen molar-refractivity contribution < 1.29 is 4.21 Å². The molecule has 1 saturated heterocycles. The van der Waals surface area contributed by atoms with Crippen LogP contribution in [0.4, 0.5) is 0 Å². The monoisotopic (exact) mass is 233 g/mol. The molecule has 0 aromatic carbocycles. The molecule has 2 rings (SSSR count). The SMILES string of the molecule is Cl.O=S(c1cnccn1)[C@@H]1CCNC1. The van der Waals surface area contributed by atoms with Crippen molar-refractivity contribution in [2.24, 2.45) is 0 Å². The smallest absolute Gasteiger partial charge is 0.145 e. The van der Waals surface area contributed by atoms with Crippen molar-refractivity contribution in [3.05, 3.63) is 18.6 Å². The molecular weight excluding hydrogens is 222 g/mol. The van der Waals surface area contributed by atoms with Crippen molar-refractivity contribution in [2.45, 2.75) is 16.7 Å². The molecule has 1 aliphatic rings. The number of hydrogen-bond donors (Lipinski definition) is 1. The van der Waals surface area contributed by atoms with E-state index in [1.165, 1.54) is 0 Å². The molecule has 2 heterocycles. The van der Waals surface area contributed by atoms with Gasteiger partial charge in [-0.2, -0.15) is 0 Å². The third kappa shape index (κ3) is 2.50. The first-order chi connectivity index (χ1) is 6.38. The van der Waals surface area contributed by atoms with Crippen molar-refractivity contribution in [1.82, 2.24) is 15.3 Å². The fourth-order valence-corrected chi connectivity index (χ4v) is 2.64. The lowest BCUT2D eigenvalue weighted by Gasteiger charge is -2.05. The second-order valence-corrected chi connectivity index (χ2v) is 4.64. The van der Waals surface area contributed by atoms with E-state index in [0.717, 1.165) is 19.5 Å². The van der Waals surface area contributed by atoms with Crippen LogP contribution in [0.25, 0.3) is 0 Å². The van der Waals surface area contributed by atoms with Crippen molar-refractivity contribution in [3.63, 3.8) is 0 Å². The average molecular weight is 234 g/mol. The van der Waals surface area contributed by atoms with Crippen LogP contribution in [0, 0.1) is 0 Å². The fraction of sp³-hybridized carbons (Fsp3) is 0.500. The van der Waals surface area contributed by atoms with Crippen LogP contribution < -0.4 is 5.32 Å². The zero-order valence-corrected chi connectivity index (χ0v) is 9.18. The van der Waals surface area contributed by atoms with Gasteiger partial charge in [0, 0.05) is 18.9 Å². The highest BCUT2D eigenvalue weighted by Crippen LogP contribution is 2.12. The summed E-state index contributed by atoms with van der Waals surface area (Å²) in [6.45, 7) is 1.78. The van der Waals surface area contributed by atoms with Crippen LogP contribution in [0.1, 0.15) is 6.42 Å². The maximum atomic E-state index is 11.8. The summed E-state index contributed by atoms with van der Waals surface area (Å²) in [4.78, 5) is 7.93. The van der Waals surface area contributed by atoms with E-state index in [4.69, 9.17) is 0 Å². The van der Waals surface area contributed by atoms with E-state index in [0.29, 0.717) is 5.03 Å². The Morgan fingerprint density at radius 3 is 2.93 bits per heavy atom. The Balaban J connectivity index is 0.000000980. The molecule has 0 spiro atoms. The van der Waals surface area contributed by atoms with Crippen molar-refractivity contribution >= 4 is 23.2 Å². The third-order valence-corrected chi connectivity index (χ3v) is 3.69. The van der Waals surface area contributed by atoms with Gasteiger partial charge >= 0.3 is 0 Å². The summed E-state index contributed by atoms with van der Waals surface area (Å²) in [5.74, 6) is 0. The maximum Gasteiger partial charge on any atom is 0.145 e. The Kier molecular flexibility index (Phi) is 4.44. The molecule has 1 aromatic heterocycles. The molecule has 78 valence electrons. The van der Waals surface area contributed by atoms with E-state index in [-0.39, 0.29) is 17.7 Å². The highest BCUT2D eigenvalue weighted by atomic mass is 35.5. The summed E-state index contributed by atoms with van der Waals surface area (Å²) in [5.41, 5.74) is 0. The standard InChI is InChI=1S/C8H11N3OS.ClH/c12-13(7-1-2-9-5-7)8-6-10-3-4-11-8;/h3-4,6-7,9H,1-2,5H2;1H/t7-,13?;/m1./s1. The van der Waals surface area contributed by atoms with Crippen LogP contribution in [-0.2, 0) is 10.8 Å².